The van der Waals surface area contributed by atoms with Gasteiger partial charge in [0.05, 0.1) is 0 Å². The fourth-order valence-corrected chi connectivity index (χ4v) is 0. The summed E-state index contributed by atoms with van der Waals surface area (Å²) in [6.07, 6.45) is 0. The molecule has 0 amide bonds. The standard InChI is InChI=1S/C3H9N.3CH3.Al.ClH/c1-3(2)4;;;;;/h3H,4H2,1-2H3;3*1H3;;1H. The van der Waals surface area contributed by atoms with Crippen molar-refractivity contribution in [3.05, 3.63) is 0 Å². The Morgan fingerprint density at radius 2 is 1.11 bits per heavy atom. The van der Waals surface area contributed by atoms with E-state index >= 15 is 0 Å². The lowest BCUT2D eigenvalue weighted by Gasteiger charge is -1.81. The molecule has 0 heterocycles. The first kappa shape index (κ1) is 16.4. The highest BCUT2D eigenvalue weighted by atomic mass is 35.5. The summed E-state index contributed by atoms with van der Waals surface area (Å²) in [5, 5.41) is 0. The lowest BCUT2D eigenvalue weighted by molar-refractivity contribution is 0.834. The lowest BCUT2D eigenvalue weighted by atomic mass is 10.5. The maximum absolute atomic E-state index is 5.11. The first-order chi connectivity index (χ1) is 3.46. The van der Waals surface area contributed by atoms with Crippen molar-refractivity contribution in [1.82, 2.24) is 0 Å². The summed E-state index contributed by atoms with van der Waals surface area (Å²) in [6.45, 7) is 3.89. The van der Waals surface area contributed by atoms with Gasteiger partial charge in [0.1, 0.15) is 0 Å². The Hall–Kier alpha value is 0.782. The molecular weight excluding hydrogens is 149 g/mol. The van der Waals surface area contributed by atoms with E-state index in [0.717, 1.165) is 0 Å². The van der Waals surface area contributed by atoms with E-state index in [1.54, 1.807) is 0 Å². The molecule has 0 aliphatic carbocycles. The van der Waals surface area contributed by atoms with Crippen molar-refractivity contribution in [2.24, 2.45) is 5.73 Å². The normalized spacial score (nSPS) is 7.00. The van der Waals surface area contributed by atoms with Crippen LogP contribution in [0.1, 0.15) is 13.8 Å². The molecule has 0 radical (unpaired) electrons. The average molecular weight is 168 g/mol. The largest absolute Gasteiger partial charge is 0.328 e. The second-order valence-electron chi connectivity index (χ2n) is 2.98. The molecule has 0 unspecified atom stereocenters. The first-order valence-corrected chi connectivity index (χ1v) is 6.68. The summed E-state index contributed by atoms with van der Waals surface area (Å²) in [5.74, 6) is 6.92. The maximum Gasteiger partial charge on any atom is 0.251 e. The van der Waals surface area contributed by atoms with Crippen molar-refractivity contribution in [3.8, 4) is 0 Å². The monoisotopic (exact) mass is 167 g/mol. The fraction of sp³-hybridized carbons (Fsp3) is 1.00. The minimum absolute atomic E-state index is 0. The molecule has 0 saturated heterocycles. The van der Waals surface area contributed by atoms with Crippen molar-refractivity contribution in [2.75, 3.05) is 0 Å². The highest BCUT2D eigenvalue weighted by Gasteiger charge is 1.81. The fourth-order valence-electron chi connectivity index (χ4n) is 0. The van der Waals surface area contributed by atoms with Crippen LogP contribution in [0.15, 0.2) is 0 Å². The number of hydrogen-bond donors (Lipinski definition) is 1. The van der Waals surface area contributed by atoms with Gasteiger partial charge < -0.3 is 5.73 Å². The molecule has 1 nitrogen and oxygen atoms in total. The third-order valence-electron chi connectivity index (χ3n) is 0. The van der Waals surface area contributed by atoms with Crippen LogP contribution in [0.25, 0.3) is 0 Å². The molecule has 0 saturated carbocycles. The van der Waals surface area contributed by atoms with Crippen molar-refractivity contribution >= 4 is 26.6 Å². The highest BCUT2D eigenvalue weighted by molar-refractivity contribution is 6.54. The molecule has 0 aromatic heterocycles. The zero-order valence-corrected chi connectivity index (χ0v) is 9.11. The van der Waals surface area contributed by atoms with Crippen LogP contribution >= 0.6 is 12.4 Å². The molecule has 0 aromatic rings. The van der Waals surface area contributed by atoms with Crippen LogP contribution in [0.5, 0.6) is 0 Å². The summed E-state index contributed by atoms with van der Waals surface area (Å²) in [5.41, 5.74) is 5.11. The van der Waals surface area contributed by atoms with Crippen molar-refractivity contribution < 1.29 is 0 Å². The van der Waals surface area contributed by atoms with Gasteiger partial charge in [0.15, 0.2) is 0 Å². The Bertz CT molecular complexity index is 28.5. The first-order valence-electron chi connectivity index (χ1n) is 3.22. The zero-order valence-electron chi connectivity index (χ0n) is 7.14. The quantitative estimate of drug-likeness (QED) is 0.550. The Kier molecular flexibility index (Phi) is 21.1. The Morgan fingerprint density at radius 1 is 1.11 bits per heavy atom. The lowest BCUT2D eigenvalue weighted by Crippen LogP contribution is -2.06. The molecular formula is C6H19AlClN. The molecule has 0 bridgehead atoms. The van der Waals surface area contributed by atoms with Crippen LogP contribution in [-0.4, -0.2) is 20.2 Å². The summed E-state index contributed by atoms with van der Waals surface area (Å²) in [6, 6.07) is 0.333. The molecule has 3 heteroatoms. The van der Waals surface area contributed by atoms with Gasteiger partial charge in [-0.15, -0.1) is 29.8 Å². The molecule has 2 N–H and O–H groups in total. The smallest absolute Gasteiger partial charge is 0.251 e. The number of nitrogens with two attached hydrogens (primary N) is 1. The Balaban J connectivity index is -0.0000000720. The average Bonchev–Trinajstić information content (AvgIpc) is 1.25. The van der Waals surface area contributed by atoms with E-state index in [9.17, 15) is 0 Å². The second-order valence-corrected chi connectivity index (χ2v) is 6.44. The second kappa shape index (κ2) is 11.6. The van der Waals surface area contributed by atoms with E-state index in [0.29, 0.717) is 6.04 Å². The number of hydrogen-bond acceptors (Lipinski definition) is 1. The molecule has 0 aliphatic rings. The predicted molar refractivity (Wildman–Crippen MR) is 49.9 cm³/mol. The van der Waals surface area contributed by atoms with Gasteiger partial charge in [-0.05, 0) is 6.04 Å². The minimum atomic E-state index is -0.139. The van der Waals surface area contributed by atoms with Gasteiger partial charge in [0.2, 0.25) is 0 Å². The highest BCUT2D eigenvalue weighted by Crippen LogP contribution is 1.68. The maximum atomic E-state index is 5.11. The summed E-state index contributed by atoms with van der Waals surface area (Å²) < 4.78 is 0. The molecule has 0 rings (SSSR count). The van der Waals surface area contributed by atoms with Gasteiger partial charge in [-0.25, -0.2) is 0 Å². The van der Waals surface area contributed by atoms with Crippen molar-refractivity contribution in [2.45, 2.75) is 37.2 Å². The van der Waals surface area contributed by atoms with Gasteiger partial charge >= 0.3 is 0 Å². The van der Waals surface area contributed by atoms with Crippen molar-refractivity contribution in [1.29, 1.82) is 0 Å². The zero-order chi connectivity index (χ0) is 7.15. The summed E-state index contributed by atoms with van der Waals surface area (Å²) in [7, 11) is 0. The Labute approximate surface area is 69.8 Å². The van der Waals surface area contributed by atoms with Crippen molar-refractivity contribution in [3.63, 3.8) is 0 Å². The van der Waals surface area contributed by atoms with Gasteiger partial charge in [-0.2, -0.15) is 0 Å². The van der Waals surface area contributed by atoms with Gasteiger partial charge in [0.25, 0.3) is 14.1 Å². The van der Waals surface area contributed by atoms with Crippen LogP contribution in [0.3, 0.4) is 0 Å². The van der Waals surface area contributed by atoms with E-state index in [1.807, 2.05) is 13.8 Å². The molecule has 9 heavy (non-hydrogen) atoms. The Morgan fingerprint density at radius 3 is 1.11 bits per heavy atom. The molecule has 0 atom stereocenters. The van der Waals surface area contributed by atoms with Gasteiger partial charge in [0, 0.05) is 0 Å². The van der Waals surface area contributed by atoms with Crippen LogP contribution in [0.4, 0.5) is 0 Å². The van der Waals surface area contributed by atoms with E-state index < -0.39 is 0 Å². The van der Waals surface area contributed by atoms with E-state index in [4.69, 9.17) is 5.73 Å². The number of halogens is 1. The van der Waals surface area contributed by atoms with Gasteiger partial charge in [-0.3, -0.25) is 0 Å². The molecule has 58 valence electrons. The number of rotatable bonds is 0. The summed E-state index contributed by atoms with van der Waals surface area (Å²) >= 11 is -0.139. The van der Waals surface area contributed by atoms with E-state index in [-0.39, 0.29) is 26.6 Å². The van der Waals surface area contributed by atoms with E-state index in [2.05, 4.69) is 17.4 Å². The van der Waals surface area contributed by atoms with Gasteiger partial charge in [-0.1, -0.05) is 13.8 Å². The predicted octanol–water partition coefficient (Wildman–Crippen LogP) is 2.15. The van der Waals surface area contributed by atoms with Crippen LogP contribution in [0, 0.1) is 0 Å². The van der Waals surface area contributed by atoms with Crippen LogP contribution in [0.2, 0.25) is 17.4 Å². The molecule has 0 spiro atoms. The molecule has 0 aliphatic heterocycles. The molecule has 0 fully saturated rings. The summed E-state index contributed by atoms with van der Waals surface area (Å²) in [4.78, 5) is 0. The topological polar surface area (TPSA) is 26.0 Å². The third kappa shape index (κ3) is 660. The van der Waals surface area contributed by atoms with Crippen LogP contribution < -0.4 is 5.73 Å². The third-order valence-corrected chi connectivity index (χ3v) is 0. The van der Waals surface area contributed by atoms with E-state index in [1.165, 1.54) is 0 Å². The molecule has 0 aromatic carbocycles. The SMILES string of the molecule is CC(C)N.Cl.[CH3][Al]([CH3])[CH3]. The van der Waals surface area contributed by atoms with Crippen LogP contribution in [-0.2, 0) is 0 Å². The minimum Gasteiger partial charge on any atom is -0.328 e.